The first kappa shape index (κ1) is 12.8. The zero-order valence-electron chi connectivity index (χ0n) is 10.3. The van der Waals surface area contributed by atoms with Crippen LogP contribution in [-0.2, 0) is 6.54 Å². The Morgan fingerprint density at radius 1 is 1.16 bits per heavy atom. The number of benzene rings is 1. The molecule has 0 aliphatic carbocycles. The molecule has 0 atom stereocenters. The first-order chi connectivity index (χ1) is 9.31. The standard InChI is InChI=1S/C14H13N4O/c15-17-16-10-14(19)13-8-4-5-9-18(13)11-12-6-2-1-3-7-12/h1-9H,10-11H2/q+1. The topological polar surface area (TPSA) is 69.7 Å². The predicted octanol–water partition coefficient (Wildman–Crippen LogP) is 2.52. The third kappa shape index (κ3) is 3.40. The molecule has 2 rings (SSSR count). The average Bonchev–Trinajstić information content (AvgIpc) is 2.46. The van der Waals surface area contributed by atoms with E-state index >= 15 is 0 Å². The van der Waals surface area contributed by atoms with Crippen LogP contribution in [0.3, 0.4) is 0 Å². The van der Waals surface area contributed by atoms with Crippen LogP contribution in [0.15, 0.2) is 59.8 Å². The molecule has 0 aliphatic heterocycles. The molecule has 0 amide bonds. The highest BCUT2D eigenvalue weighted by Gasteiger charge is 2.17. The van der Waals surface area contributed by atoms with Gasteiger partial charge < -0.3 is 0 Å². The van der Waals surface area contributed by atoms with Crippen LogP contribution < -0.4 is 4.57 Å². The summed E-state index contributed by atoms with van der Waals surface area (Å²) in [6, 6.07) is 15.3. The van der Waals surface area contributed by atoms with Crippen LogP contribution in [0, 0.1) is 0 Å². The Hall–Kier alpha value is -2.65. The number of aromatic nitrogens is 1. The Balaban J connectivity index is 2.26. The molecule has 0 saturated carbocycles. The lowest BCUT2D eigenvalue weighted by atomic mass is 10.2. The van der Waals surface area contributed by atoms with Crippen molar-refractivity contribution in [2.75, 3.05) is 6.54 Å². The molecule has 2 aromatic rings. The van der Waals surface area contributed by atoms with Gasteiger partial charge in [0.25, 0.3) is 0 Å². The van der Waals surface area contributed by atoms with Crippen LogP contribution in [0.25, 0.3) is 10.4 Å². The minimum atomic E-state index is -0.186. The summed E-state index contributed by atoms with van der Waals surface area (Å²) in [5.41, 5.74) is 9.91. The average molecular weight is 253 g/mol. The summed E-state index contributed by atoms with van der Waals surface area (Å²) in [6.07, 6.45) is 1.84. The maximum atomic E-state index is 11.9. The largest absolute Gasteiger partial charge is 0.287 e. The second-order valence-corrected chi connectivity index (χ2v) is 4.01. The predicted molar refractivity (Wildman–Crippen MR) is 70.5 cm³/mol. The van der Waals surface area contributed by atoms with E-state index in [1.54, 1.807) is 12.1 Å². The van der Waals surface area contributed by atoms with E-state index < -0.39 is 0 Å². The van der Waals surface area contributed by atoms with Crippen molar-refractivity contribution >= 4 is 5.78 Å². The van der Waals surface area contributed by atoms with Gasteiger partial charge in [0.2, 0.25) is 11.5 Å². The Morgan fingerprint density at radius 2 is 1.89 bits per heavy atom. The van der Waals surface area contributed by atoms with E-state index in [-0.39, 0.29) is 12.3 Å². The van der Waals surface area contributed by atoms with Gasteiger partial charge in [-0.15, -0.1) is 0 Å². The smallest absolute Gasteiger partial charge is 0.249 e. The fraction of sp³-hybridized carbons (Fsp3) is 0.143. The van der Waals surface area contributed by atoms with Crippen LogP contribution >= 0.6 is 0 Å². The Morgan fingerprint density at radius 3 is 2.63 bits per heavy atom. The van der Waals surface area contributed by atoms with Gasteiger partial charge in [-0.25, -0.2) is 0 Å². The summed E-state index contributed by atoms with van der Waals surface area (Å²) in [5.74, 6) is -0.186. The van der Waals surface area contributed by atoms with Crippen molar-refractivity contribution < 1.29 is 9.36 Å². The number of hydrogen-bond acceptors (Lipinski definition) is 2. The Kier molecular flexibility index (Phi) is 4.26. The molecule has 1 aromatic carbocycles. The van der Waals surface area contributed by atoms with Gasteiger partial charge >= 0.3 is 0 Å². The number of hydrogen-bond donors (Lipinski definition) is 0. The number of nitrogens with zero attached hydrogens (tertiary/aromatic N) is 4. The van der Waals surface area contributed by atoms with E-state index in [4.69, 9.17) is 5.53 Å². The highest BCUT2D eigenvalue weighted by Crippen LogP contribution is 2.00. The van der Waals surface area contributed by atoms with E-state index in [1.165, 1.54) is 0 Å². The number of pyridine rings is 1. The third-order valence-corrected chi connectivity index (χ3v) is 2.70. The van der Waals surface area contributed by atoms with Gasteiger partial charge in [0, 0.05) is 22.6 Å². The first-order valence-electron chi connectivity index (χ1n) is 5.87. The van der Waals surface area contributed by atoms with Crippen molar-refractivity contribution in [1.82, 2.24) is 0 Å². The second kappa shape index (κ2) is 6.33. The van der Waals surface area contributed by atoms with E-state index in [2.05, 4.69) is 10.0 Å². The van der Waals surface area contributed by atoms with Crippen molar-refractivity contribution in [1.29, 1.82) is 0 Å². The summed E-state index contributed by atoms with van der Waals surface area (Å²) in [6.45, 7) is 0.453. The van der Waals surface area contributed by atoms with E-state index in [9.17, 15) is 4.79 Å². The summed E-state index contributed by atoms with van der Waals surface area (Å²) in [5, 5.41) is 3.31. The van der Waals surface area contributed by atoms with Crippen molar-refractivity contribution in [3.05, 3.63) is 76.4 Å². The molecule has 0 N–H and O–H groups in total. The van der Waals surface area contributed by atoms with Crippen molar-refractivity contribution in [3.63, 3.8) is 0 Å². The van der Waals surface area contributed by atoms with E-state index in [0.29, 0.717) is 12.2 Å². The third-order valence-electron chi connectivity index (χ3n) is 2.70. The van der Waals surface area contributed by atoms with Gasteiger partial charge in [-0.1, -0.05) is 35.4 Å². The molecule has 0 radical (unpaired) electrons. The van der Waals surface area contributed by atoms with Crippen molar-refractivity contribution in [2.24, 2.45) is 5.11 Å². The highest BCUT2D eigenvalue weighted by molar-refractivity contribution is 5.94. The van der Waals surface area contributed by atoms with E-state index in [1.807, 2.05) is 47.2 Å². The van der Waals surface area contributed by atoms with Crippen LogP contribution in [0.1, 0.15) is 16.1 Å². The number of azide groups is 1. The monoisotopic (exact) mass is 253 g/mol. The first-order valence-corrected chi connectivity index (χ1v) is 5.87. The minimum Gasteiger partial charge on any atom is -0.287 e. The zero-order chi connectivity index (χ0) is 13.5. The zero-order valence-corrected chi connectivity index (χ0v) is 10.3. The maximum absolute atomic E-state index is 11.9. The van der Waals surface area contributed by atoms with Crippen LogP contribution in [0.2, 0.25) is 0 Å². The van der Waals surface area contributed by atoms with Gasteiger partial charge in [0.05, 0.1) is 6.54 Å². The lowest BCUT2D eigenvalue weighted by molar-refractivity contribution is -0.690. The van der Waals surface area contributed by atoms with E-state index in [0.717, 1.165) is 5.56 Å². The molecular formula is C14H13N4O+. The fourth-order valence-electron chi connectivity index (χ4n) is 1.82. The number of ketones is 1. The number of carbonyl (C=O) groups excluding carboxylic acids is 1. The van der Waals surface area contributed by atoms with Crippen LogP contribution in [-0.4, -0.2) is 12.3 Å². The molecule has 0 spiro atoms. The van der Waals surface area contributed by atoms with Gasteiger partial charge in [0.15, 0.2) is 12.7 Å². The molecule has 1 heterocycles. The molecule has 0 bridgehead atoms. The van der Waals surface area contributed by atoms with Crippen LogP contribution in [0.5, 0.6) is 0 Å². The molecular weight excluding hydrogens is 240 g/mol. The summed E-state index contributed by atoms with van der Waals surface area (Å²) < 4.78 is 1.85. The Labute approximate surface area is 110 Å². The number of rotatable bonds is 5. The SMILES string of the molecule is [N-]=[N+]=NCC(=O)c1cccc[n+]1Cc1ccccc1. The van der Waals surface area contributed by atoms with Gasteiger partial charge in [-0.3, -0.25) is 4.79 Å². The summed E-state index contributed by atoms with van der Waals surface area (Å²) in [7, 11) is 0. The molecule has 0 fully saturated rings. The molecule has 0 saturated heterocycles. The number of Topliss-reactive ketones (excluding diaryl/α,β-unsaturated/α-hetero) is 1. The van der Waals surface area contributed by atoms with Crippen LogP contribution in [0.4, 0.5) is 0 Å². The molecule has 0 unspecified atom stereocenters. The second-order valence-electron chi connectivity index (χ2n) is 4.01. The van der Waals surface area contributed by atoms with Gasteiger partial charge in [-0.2, -0.15) is 4.57 Å². The highest BCUT2D eigenvalue weighted by atomic mass is 16.1. The number of carbonyl (C=O) groups is 1. The molecule has 19 heavy (non-hydrogen) atoms. The normalized spacial score (nSPS) is 9.68. The molecule has 5 heteroatoms. The molecule has 1 aromatic heterocycles. The quantitative estimate of drug-likeness (QED) is 0.265. The van der Waals surface area contributed by atoms with Crippen molar-refractivity contribution in [3.8, 4) is 0 Å². The lowest BCUT2D eigenvalue weighted by Gasteiger charge is -2.02. The lowest BCUT2D eigenvalue weighted by Crippen LogP contribution is -2.41. The summed E-state index contributed by atoms with van der Waals surface area (Å²) in [4.78, 5) is 14.5. The summed E-state index contributed by atoms with van der Waals surface area (Å²) >= 11 is 0. The molecule has 94 valence electrons. The minimum absolute atomic E-state index is 0.157. The fourth-order valence-corrected chi connectivity index (χ4v) is 1.82. The Bertz CT molecular complexity index is 618. The molecule has 0 aliphatic rings. The van der Waals surface area contributed by atoms with Gasteiger partial charge in [-0.05, 0) is 11.6 Å². The van der Waals surface area contributed by atoms with Crippen molar-refractivity contribution in [2.45, 2.75) is 6.54 Å². The molecule has 5 nitrogen and oxygen atoms in total. The maximum Gasteiger partial charge on any atom is 0.249 e. The van der Waals surface area contributed by atoms with Gasteiger partial charge in [0.1, 0.15) is 0 Å².